The predicted octanol–water partition coefficient (Wildman–Crippen LogP) is 4.55. The minimum absolute atomic E-state index is 0.146. The van der Waals surface area contributed by atoms with Crippen LogP contribution in [-0.4, -0.2) is 10.9 Å². The number of halogens is 2. The molecule has 0 atom stereocenters. The Morgan fingerprint density at radius 1 is 1.25 bits per heavy atom. The van der Waals surface area contributed by atoms with Gasteiger partial charge in [0.05, 0.1) is 5.41 Å². The summed E-state index contributed by atoms with van der Waals surface area (Å²) in [5, 5.41) is 4.25. The molecule has 0 bridgehead atoms. The standard InChI is InChI=1S/C19H18ClFN2O/c1-19(2,15-11-22-17-8-7-13(21)9-14(15)17)18(24)23-10-12-5-3-4-6-16(12)20/h3-9,11,22H,10H2,1-2H3,(H,23,24). The Hall–Kier alpha value is -2.33. The van der Waals surface area contributed by atoms with E-state index in [0.29, 0.717) is 17.0 Å². The summed E-state index contributed by atoms with van der Waals surface area (Å²) in [6.07, 6.45) is 1.76. The lowest BCUT2D eigenvalue weighted by atomic mass is 9.83. The van der Waals surface area contributed by atoms with Crippen LogP contribution in [0.2, 0.25) is 5.02 Å². The summed E-state index contributed by atoms with van der Waals surface area (Å²) in [4.78, 5) is 15.8. The minimum Gasteiger partial charge on any atom is -0.361 e. The fourth-order valence-electron chi connectivity index (χ4n) is 2.77. The fourth-order valence-corrected chi connectivity index (χ4v) is 2.97. The van der Waals surface area contributed by atoms with Gasteiger partial charge in [0.2, 0.25) is 5.91 Å². The Morgan fingerprint density at radius 3 is 2.75 bits per heavy atom. The molecule has 1 heterocycles. The summed E-state index contributed by atoms with van der Waals surface area (Å²) in [7, 11) is 0. The zero-order chi connectivity index (χ0) is 17.3. The number of amides is 1. The second-order valence-corrected chi connectivity index (χ2v) is 6.70. The highest BCUT2D eigenvalue weighted by Crippen LogP contribution is 2.31. The molecule has 0 aliphatic carbocycles. The van der Waals surface area contributed by atoms with E-state index in [9.17, 15) is 9.18 Å². The van der Waals surface area contributed by atoms with Crippen molar-refractivity contribution in [1.82, 2.24) is 10.3 Å². The quantitative estimate of drug-likeness (QED) is 0.716. The number of rotatable bonds is 4. The van der Waals surface area contributed by atoms with Gasteiger partial charge in [-0.2, -0.15) is 0 Å². The highest BCUT2D eigenvalue weighted by Gasteiger charge is 2.32. The lowest BCUT2D eigenvalue weighted by molar-refractivity contribution is -0.125. The van der Waals surface area contributed by atoms with E-state index in [1.54, 1.807) is 18.3 Å². The SMILES string of the molecule is CC(C)(C(=O)NCc1ccccc1Cl)c1c[nH]c2ccc(F)cc12. The van der Waals surface area contributed by atoms with Crippen molar-refractivity contribution in [2.75, 3.05) is 0 Å². The topological polar surface area (TPSA) is 44.9 Å². The van der Waals surface area contributed by atoms with Crippen LogP contribution in [0.1, 0.15) is 25.0 Å². The molecule has 5 heteroatoms. The molecule has 0 spiro atoms. The van der Waals surface area contributed by atoms with Crippen LogP contribution in [-0.2, 0) is 16.8 Å². The molecule has 124 valence electrons. The lowest BCUT2D eigenvalue weighted by Gasteiger charge is -2.23. The first-order chi connectivity index (χ1) is 11.4. The molecule has 0 radical (unpaired) electrons. The Bertz CT molecular complexity index is 901. The van der Waals surface area contributed by atoms with Crippen LogP contribution in [0, 0.1) is 5.82 Å². The van der Waals surface area contributed by atoms with Crippen LogP contribution in [0.25, 0.3) is 10.9 Å². The van der Waals surface area contributed by atoms with Gasteiger partial charge in [-0.25, -0.2) is 4.39 Å². The van der Waals surface area contributed by atoms with Crippen molar-refractivity contribution in [3.63, 3.8) is 0 Å². The number of nitrogens with one attached hydrogen (secondary N) is 2. The van der Waals surface area contributed by atoms with Gasteiger partial charge < -0.3 is 10.3 Å². The number of carbonyl (C=O) groups is 1. The molecule has 3 rings (SSSR count). The van der Waals surface area contributed by atoms with Crippen LogP contribution < -0.4 is 5.32 Å². The van der Waals surface area contributed by atoms with Gasteiger partial charge in [-0.3, -0.25) is 4.79 Å². The molecule has 0 aliphatic rings. The zero-order valence-electron chi connectivity index (χ0n) is 13.5. The number of hydrogen-bond acceptors (Lipinski definition) is 1. The monoisotopic (exact) mass is 344 g/mol. The highest BCUT2D eigenvalue weighted by molar-refractivity contribution is 6.31. The van der Waals surface area contributed by atoms with E-state index in [-0.39, 0.29) is 11.7 Å². The molecule has 2 aromatic carbocycles. The summed E-state index contributed by atoms with van der Waals surface area (Å²) in [6, 6.07) is 11.9. The number of benzene rings is 2. The van der Waals surface area contributed by atoms with Crippen molar-refractivity contribution in [3.05, 3.63) is 70.6 Å². The molecule has 0 fully saturated rings. The van der Waals surface area contributed by atoms with E-state index >= 15 is 0 Å². The first-order valence-corrected chi connectivity index (χ1v) is 8.06. The van der Waals surface area contributed by atoms with E-state index in [1.807, 2.05) is 32.0 Å². The van der Waals surface area contributed by atoms with Crippen LogP contribution in [0.3, 0.4) is 0 Å². The molecule has 0 saturated heterocycles. The van der Waals surface area contributed by atoms with E-state index < -0.39 is 5.41 Å². The van der Waals surface area contributed by atoms with Crippen molar-refractivity contribution < 1.29 is 9.18 Å². The van der Waals surface area contributed by atoms with Gasteiger partial charge >= 0.3 is 0 Å². The maximum absolute atomic E-state index is 13.6. The summed E-state index contributed by atoms with van der Waals surface area (Å²) < 4.78 is 13.6. The first kappa shape index (κ1) is 16.5. The van der Waals surface area contributed by atoms with E-state index in [2.05, 4.69) is 10.3 Å². The Morgan fingerprint density at radius 2 is 2.00 bits per heavy atom. The number of aromatic nitrogens is 1. The van der Waals surface area contributed by atoms with Crippen molar-refractivity contribution in [1.29, 1.82) is 0 Å². The third kappa shape index (κ3) is 3.02. The Balaban J connectivity index is 1.84. The minimum atomic E-state index is -0.812. The molecule has 0 aliphatic heterocycles. The van der Waals surface area contributed by atoms with Crippen molar-refractivity contribution >= 4 is 28.4 Å². The van der Waals surface area contributed by atoms with Gasteiger partial charge in [0.15, 0.2) is 0 Å². The molecule has 24 heavy (non-hydrogen) atoms. The zero-order valence-corrected chi connectivity index (χ0v) is 14.2. The molecule has 1 amide bonds. The summed E-state index contributed by atoms with van der Waals surface area (Å²) in [6.45, 7) is 3.99. The second-order valence-electron chi connectivity index (χ2n) is 6.29. The van der Waals surface area contributed by atoms with E-state index in [4.69, 9.17) is 11.6 Å². The third-order valence-electron chi connectivity index (χ3n) is 4.28. The fraction of sp³-hybridized carbons (Fsp3) is 0.211. The highest BCUT2D eigenvalue weighted by atomic mass is 35.5. The lowest BCUT2D eigenvalue weighted by Crippen LogP contribution is -2.39. The summed E-state index contributed by atoms with van der Waals surface area (Å²) >= 11 is 6.12. The average Bonchev–Trinajstić information content (AvgIpc) is 2.97. The van der Waals surface area contributed by atoms with Crippen LogP contribution >= 0.6 is 11.6 Å². The third-order valence-corrected chi connectivity index (χ3v) is 4.65. The molecule has 3 nitrogen and oxygen atoms in total. The van der Waals surface area contributed by atoms with E-state index in [1.165, 1.54) is 12.1 Å². The molecule has 3 aromatic rings. The molecular formula is C19H18ClFN2O. The van der Waals surface area contributed by atoms with Crippen LogP contribution in [0.5, 0.6) is 0 Å². The predicted molar refractivity (Wildman–Crippen MR) is 94.6 cm³/mol. The maximum Gasteiger partial charge on any atom is 0.230 e. The molecular weight excluding hydrogens is 327 g/mol. The van der Waals surface area contributed by atoms with Gasteiger partial charge in [0, 0.05) is 28.7 Å². The number of hydrogen-bond donors (Lipinski definition) is 2. The van der Waals surface area contributed by atoms with Crippen molar-refractivity contribution in [2.45, 2.75) is 25.8 Å². The second kappa shape index (κ2) is 6.29. The van der Waals surface area contributed by atoms with E-state index in [0.717, 1.165) is 16.6 Å². The normalized spacial score (nSPS) is 11.7. The number of carbonyl (C=O) groups excluding carboxylic acids is 1. The number of H-pyrrole nitrogens is 1. The average molecular weight is 345 g/mol. The first-order valence-electron chi connectivity index (χ1n) is 7.68. The number of fused-ring (bicyclic) bond motifs is 1. The van der Waals surface area contributed by atoms with Gasteiger partial charge in [0.25, 0.3) is 0 Å². The van der Waals surface area contributed by atoms with Gasteiger partial charge in [-0.15, -0.1) is 0 Å². The molecule has 2 N–H and O–H groups in total. The Labute approximate surface area is 144 Å². The van der Waals surface area contributed by atoms with Crippen molar-refractivity contribution in [2.24, 2.45) is 0 Å². The largest absolute Gasteiger partial charge is 0.361 e. The van der Waals surface area contributed by atoms with Gasteiger partial charge in [-0.05, 0) is 49.2 Å². The maximum atomic E-state index is 13.6. The van der Waals surface area contributed by atoms with Crippen LogP contribution in [0.15, 0.2) is 48.7 Å². The smallest absolute Gasteiger partial charge is 0.230 e. The van der Waals surface area contributed by atoms with Gasteiger partial charge in [-0.1, -0.05) is 29.8 Å². The molecule has 1 aromatic heterocycles. The summed E-state index contributed by atoms with van der Waals surface area (Å²) in [5.41, 5.74) is 1.60. The molecule has 0 unspecified atom stereocenters. The van der Waals surface area contributed by atoms with Crippen molar-refractivity contribution in [3.8, 4) is 0 Å². The molecule has 0 saturated carbocycles. The Kier molecular flexibility index (Phi) is 4.33. The van der Waals surface area contributed by atoms with Gasteiger partial charge in [0.1, 0.15) is 5.82 Å². The van der Waals surface area contributed by atoms with Crippen LogP contribution in [0.4, 0.5) is 4.39 Å². The summed E-state index contributed by atoms with van der Waals surface area (Å²) in [5.74, 6) is -0.469. The number of aromatic amines is 1.